The molecule has 2 amide bonds. The number of unbranched alkanes of at least 4 members (excludes halogenated alkanes) is 3. The van der Waals surface area contributed by atoms with Crippen LogP contribution < -0.4 is 15.0 Å². The first kappa shape index (κ1) is 31.5. The van der Waals surface area contributed by atoms with Crippen LogP contribution in [0.1, 0.15) is 41.6 Å². The molecule has 3 heterocycles. The van der Waals surface area contributed by atoms with Crippen LogP contribution in [0.5, 0.6) is 5.75 Å². The van der Waals surface area contributed by atoms with E-state index in [0.717, 1.165) is 80.0 Å². The number of aromatic amines is 1. The molecule has 2 aromatic heterocycles. The Balaban J connectivity index is 0.829. The highest BCUT2D eigenvalue weighted by Crippen LogP contribution is 2.49. The Labute approximate surface area is 288 Å². The smallest absolute Gasteiger partial charge is 0.262 e. The molecule has 7 rings (SSSR count). The van der Waals surface area contributed by atoms with Crippen LogP contribution in [0, 0.1) is 0 Å². The van der Waals surface area contributed by atoms with E-state index in [1.54, 1.807) is 41.1 Å². The fourth-order valence-electron chi connectivity index (χ4n) is 5.85. The average molecular weight is 673 g/mol. The Morgan fingerprint density at radius 1 is 0.854 bits per heavy atom. The maximum atomic E-state index is 13.7. The fourth-order valence-corrected chi connectivity index (χ4v) is 7.05. The van der Waals surface area contributed by atoms with Gasteiger partial charge in [-0.05, 0) is 91.2 Å². The third-order valence-electron chi connectivity index (χ3n) is 8.28. The van der Waals surface area contributed by atoms with E-state index in [1.807, 2.05) is 85.1 Å². The summed E-state index contributed by atoms with van der Waals surface area (Å²) in [5.41, 5.74) is 5.22. The van der Waals surface area contributed by atoms with Gasteiger partial charge in [-0.3, -0.25) is 19.5 Å². The molecule has 0 saturated heterocycles. The van der Waals surface area contributed by atoms with Gasteiger partial charge in [-0.1, -0.05) is 60.5 Å². The number of benzene rings is 4. The van der Waals surface area contributed by atoms with Crippen molar-refractivity contribution in [1.82, 2.24) is 15.3 Å². The van der Waals surface area contributed by atoms with Crippen LogP contribution in [-0.4, -0.2) is 34.9 Å². The van der Waals surface area contributed by atoms with Crippen molar-refractivity contribution in [3.8, 4) is 5.75 Å². The van der Waals surface area contributed by atoms with Crippen LogP contribution >= 0.6 is 23.4 Å². The standard InChI is InChI=1S/C39H33ClN4O3S/c40-28-13-17-37-35(24-28)44(34-7-3-4-8-36(34)48-37)39(46)27-11-14-29(15-12-27)47-22-6-2-1-5-20-42-38(45)18-10-26-9-16-30-31-25-41-21-19-32(31)43-33(30)23-26/h3-4,7-19,21,23-25,43H,1-2,5-6,20,22H2,(H,42,45). The van der Waals surface area contributed by atoms with Crippen LogP contribution in [0.25, 0.3) is 27.9 Å². The molecule has 4 aromatic carbocycles. The molecule has 0 spiro atoms. The predicted octanol–water partition coefficient (Wildman–Crippen LogP) is 9.58. The van der Waals surface area contributed by atoms with Gasteiger partial charge in [0.25, 0.3) is 5.91 Å². The van der Waals surface area contributed by atoms with Crippen LogP contribution in [0.2, 0.25) is 5.02 Å². The predicted molar refractivity (Wildman–Crippen MR) is 195 cm³/mol. The fraction of sp³-hybridized carbons (Fsp3) is 0.154. The molecule has 0 radical (unpaired) electrons. The van der Waals surface area contributed by atoms with Gasteiger partial charge in [0.1, 0.15) is 5.75 Å². The molecule has 1 aliphatic rings. The zero-order valence-electron chi connectivity index (χ0n) is 26.1. The maximum absolute atomic E-state index is 13.7. The van der Waals surface area contributed by atoms with Crippen molar-refractivity contribution >= 4 is 74.4 Å². The minimum Gasteiger partial charge on any atom is -0.494 e. The van der Waals surface area contributed by atoms with Gasteiger partial charge in [-0.15, -0.1) is 0 Å². The Hall–Kier alpha value is -5.05. The molecule has 6 aromatic rings. The van der Waals surface area contributed by atoms with Crippen LogP contribution in [-0.2, 0) is 4.79 Å². The second-order valence-electron chi connectivity index (χ2n) is 11.6. The number of amides is 2. The molecule has 9 heteroatoms. The lowest BCUT2D eigenvalue weighted by atomic mass is 10.1. The number of rotatable bonds is 11. The van der Waals surface area contributed by atoms with E-state index < -0.39 is 0 Å². The lowest BCUT2D eigenvalue weighted by Gasteiger charge is -2.31. The van der Waals surface area contributed by atoms with Crippen LogP contribution in [0.4, 0.5) is 11.4 Å². The second kappa shape index (κ2) is 14.4. The number of ether oxygens (including phenoxy) is 1. The van der Waals surface area contributed by atoms with E-state index >= 15 is 0 Å². The van der Waals surface area contributed by atoms with Crippen molar-refractivity contribution in [1.29, 1.82) is 0 Å². The quantitative estimate of drug-likeness (QED) is 0.106. The van der Waals surface area contributed by atoms with Gasteiger partial charge in [0, 0.05) is 67.2 Å². The van der Waals surface area contributed by atoms with E-state index in [-0.39, 0.29) is 11.8 Å². The lowest BCUT2D eigenvalue weighted by Crippen LogP contribution is -2.28. The van der Waals surface area contributed by atoms with Crippen molar-refractivity contribution in [3.63, 3.8) is 0 Å². The number of anilines is 2. The molecule has 0 saturated carbocycles. The summed E-state index contributed by atoms with van der Waals surface area (Å²) in [5.74, 6) is 0.507. The first-order valence-corrected chi connectivity index (χ1v) is 17.2. The number of pyridine rings is 1. The summed E-state index contributed by atoms with van der Waals surface area (Å²) < 4.78 is 5.95. The van der Waals surface area contributed by atoms with Gasteiger partial charge in [0.05, 0.1) is 18.0 Å². The summed E-state index contributed by atoms with van der Waals surface area (Å²) in [5, 5.41) is 5.76. The summed E-state index contributed by atoms with van der Waals surface area (Å²) in [6.45, 7) is 1.21. The Morgan fingerprint density at radius 3 is 2.58 bits per heavy atom. The third kappa shape index (κ3) is 6.95. The molecular formula is C39H33ClN4O3S. The van der Waals surface area contributed by atoms with Crippen LogP contribution in [0.15, 0.2) is 119 Å². The molecule has 0 atom stereocenters. The first-order valence-electron chi connectivity index (χ1n) is 16.0. The van der Waals surface area contributed by atoms with Crippen molar-refractivity contribution in [2.24, 2.45) is 0 Å². The largest absolute Gasteiger partial charge is 0.494 e. The summed E-state index contributed by atoms with van der Waals surface area (Å²) >= 11 is 7.95. The van der Waals surface area contributed by atoms with Gasteiger partial charge in [-0.2, -0.15) is 0 Å². The monoisotopic (exact) mass is 672 g/mol. The Kier molecular flexibility index (Phi) is 9.45. The van der Waals surface area contributed by atoms with Crippen molar-refractivity contribution in [3.05, 3.63) is 126 Å². The number of nitrogens with one attached hydrogen (secondary N) is 2. The summed E-state index contributed by atoms with van der Waals surface area (Å²) in [7, 11) is 0. The van der Waals surface area contributed by atoms with E-state index in [9.17, 15) is 9.59 Å². The number of H-pyrrole nitrogens is 1. The van der Waals surface area contributed by atoms with Crippen LogP contribution in [0.3, 0.4) is 0 Å². The summed E-state index contributed by atoms with van der Waals surface area (Å²) in [4.78, 5) is 37.4. The number of fused-ring (bicyclic) bond motifs is 5. The zero-order chi connectivity index (χ0) is 32.9. The van der Waals surface area contributed by atoms with Gasteiger partial charge in [0.15, 0.2) is 0 Å². The van der Waals surface area contributed by atoms with Gasteiger partial charge < -0.3 is 15.0 Å². The zero-order valence-corrected chi connectivity index (χ0v) is 27.7. The summed E-state index contributed by atoms with van der Waals surface area (Å²) in [6, 6.07) is 28.9. The Bertz CT molecular complexity index is 2140. The number of hydrogen-bond acceptors (Lipinski definition) is 5. The van der Waals surface area contributed by atoms with Crippen molar-refractivity contribution in [2.75, 3.05) is 18.1 Å². The molecule has 48 heavy (non-hydrogen) atoms. The van der Waals surface area contributed by atoms with Crippen molar-refractivity contribution in [2.45, 2.75) is 35.5 Å². The highest BCUT2D eigenvalue weighted by Gasteiger charge is 2.29. The normalized spacial score (nSPS) is 12.3. The third-order valence-corrected chi connectivity index (χ3v) is 9.65. The van der Waals surface area contributed by atoms with Crippen molar-refractivity contribution < 1.29 is 14.3 Å². The van der Waals surface area contributed by atoms with E-state index in [2.05, 4.69) is 21.4 Å². The minimum absolute atomic E-state index is 0.0994. The van der Waals surface area contributed by atoms with E-state index in [4.69, 9.17) is 16.3 Å². The molecule has 7 nitrogen and oxygen atoms in total. The number of carbonyl (C=O) groups is 2. The Morgan fingerprint density at radius 2 is 1.69 bits per heavy atom. The lowest BCUT2D eigenvalue weighted by molar-refractivity contribution is -0.116. The maximum Gasteiger partial charge on any atom is 0.262 e. The number of para-hydroxylation sites is 1. The van der Waals surface area contributed by atoms with E-state index in [1.165, 1.54) is 0 Å². The topological polar surface area (TPSA) is 87.3 Å². The SMILES string of the molecule is O=C(C=Cc1ccc2c(c1)[nH]c1ccncc12)NCCCCCCOc1ccc(C(=O)N2c3ccccc3Sc3ccc(Cl)cc32)cc1. The molecule has 0 unspecified atom stereocenters. The molecule has 240 valence electrons. The highest BCUT2D eigenvalue weighted by atomic mass is 35.5. The number of halogens is 1. The average Bonchev–Trinajstić information content (AvgIpc) is 3.49. The second-order valence-corrected chi connectivity index (χ2v) is 13.1. The van der Waals surface area contributed by atoms with Gasteiger partial charge in [0.2, 0.25) is 5.91 Å². The number of hydrogen-bond donors (Lipinski definition) is 2. The molecule has 1 aliphatic heterocycles. The minimum atomic E-state index is -0.120. The highest BCUT2D eigenvalue weighted by molar-refractivity contribution is 7.99. The molecule has 0 aliphatic carbocycles. The summed E-state index contributed by atoms with van der Waals surface area (Å²) in [6.07, 6.45) is 10.8. The first-order chi connectivity index (χ1) is 23.5. The molecule has 0 bridgehead atoms. The van der Waals surface area contributed by atoms with Gasteiger partial charge in [-0.25, -0.2) is 0 Å². The number of carbonyl (C=O) groups excluding carboxylic acids is 2. The number of aromatic nitrogens is 2. The molecule has 0 fully saturated rings. The molecular weight excluding hydrogens is 640 g/mol. The number of nitrogens with zero attached hydrogens (tertiary/aromatic N) is 2. The van der Waals surface area contributed by atoms with E-state index in [0.29, 0.717) is 23.7 Å². The van der Waals surface area contributed by atoms with Gasteiger partial charge >= 0.3 is 0 Å². The molecule has 2 N–H and O–H groups in total.